The molecule has 0 aliphatic heterocycles. The molecule has 0 heterocycles. The van der Waals surface area contributed by atoms with E-state index in [2.05, 4.69) is 29.8 Å². The minimum absolute atomic E-state index is 0.0141. The average molecular weight is 331 g/mol. The lowest BCUT2D eigenvalue weighted by atomic mass is 10.1. The molecule has 1 aromatic carbocycles. The number of halogens is 2. The molecule has 1 amide bonds. The van der Waals surface area contributed by atoms with Crippen molar-refractivity contribution in [3.63, 3.8) is 0 Å². The van der Waals surface area contributed by atoms with Crippen LogP contribution in [0.1, 0.15) is 38.1 Å². The van der Waals surface area contributed by atoms with Gasteiger partial charge in [-0.1, -0.05) is 13.8 Å². The van der Waals surface area contributed by atoms with Gasteiger partial charge in [-0.05, 0) is 47.8 Å². The van der Waals surface area contributed by atoms with Crippen LogP contribution in [-0.2, 0) is 0 Å². The SMILES string of the molecule is CC(C)CN(C(=O)c1cc(N)c(F)cc1Br)C(C)C. The van der Waals surface area contributed by atoms with Crippen LogP contribution in [0.15, 0.2) is 16.6 Å². The van der Waals surface area contributed by atoms with E-state index in [-0.39, 0.29) is 17.6 Å². The molecule has 0 aliphatic rings. The Bertz CT molecular complexity index is 475. The number of hydrogen-bond acceptors (Lipinski definition) is 2. The molecule has 1 aromatic rings. The number of rotatable bonds is 4. The minimum Gasteiger partial charge on any atom is -0.396 e. The third-order valence-corrected chi connectivity index (χ3v) is 3.42. The van der Waals surface area contributed by atoms with E-state index < -0.39 is 5.82 Å². The number of carbonyl (C=O) groups excluding carboxylic acids is 1. The number of nitrogens with zero attached hydrogens (tertiary/aromatic N) is 1. The second-order valence-electron chi connectivity index (χ2n) is 5.30. The van der Waals surface area contributed by atoms with E-state index in [0.717, 1.165) is 0 Å². The fourth-order valence-corrected chi connectivity index (χ4v) is 2.29. The van der Waals surface area contributed by atoms with Gasteiger partial charge in [-0.25, -0.2) is 4.39 Å². The summed E-state index contributed by atoms with van der Waals surface area (Å²) in [4.78, 5) is 14.3. The van der Waals surface area contributed by atoms with Gasteiger partial charge in [-0.2, -0.15) is 0 Å². The number of anilines is 1. The first-order valence-corrected chi connectivity index (χ1v) is 7.08. The quantitative estimate of drug-likeness (QED) is 0.856. The Labute approximate surface area is 122 Å². The number of benzene rings is 1. The maximum Gasteiger partial charge on any atom is 0.255 e. The van der Waals surface area contributed by atoms with Gasteiger partial charge in [0, 0.05) is 17.1 Å². The molecule has 0 spiro atoms. The highest BCUT2D eigenvalue weighted by Crippen LogP contribution is 2.25. The Morgan fingerprint density at radius 3 is 2.42 bits per heavy atom. The van der Waals surface area contributed by atoms with Gasteiger partial charge >= 0.3 is 0 Å². The molecule has 2 N–H and O–H groups in total. The fraction of sp³-hybridized carbons (Fsp3) is 0.500. The third-order valence-electron chi connectivity index (χ3n) is 2.76. The highest BCUT2D eigenvalue weighted by molar-refractivity contribution is 9.10. The Morgan fingerprint density at radius 2 is 1.95 bits per heavy atom. The van der Waals surface area contributed by atoms with E-state index in [4.69, 9.17) is 5.73 Å². The molecule has 19 heavy (non-hydrogen) atoms. The third kappa shape index (κ3) is 3.93. The molecule has 0 radical (unpaired) electrons. The normalized spacial score (nSPS) is 11.2. The summed E-state index contributed by atoms with van der Waals surface area (Å²) >= 11 is 3.22. The molecule has 0 unspecified atom stereocenters. The summed E-state index contributed by atoms with van der Waals surface area (Å²) in [7, 11) is 0. The average Bonchev–Trinajstić information content (AvgIpc) is 2.29. The van der Waals surface area contributed by atoms with Crippen LogP contribution in [0.5, 0.6) is 0 Å². The molecule has 0 aromatic heterocycles. The van der Waals surface area contributed by atoms with Gasteiger partial charge in [-0.3, -0.25) is 4.79 Å². The van der Waals surface area contributed by atoms with Gasteiger partial charge in [0.1, 0.15) is 5.82 Å². The van der Waals surface area contributed by atoms with Crippen LogP contribution in [0, 0.1) is 11.7 Å². The van der Waals surface area contributed by atoms with E-state index >= 15 is 0 Å². The van der Waals surface area contributed by atoms with Gasteiger partial charge < -0.3 is 10.6 Å². The van der Waals surface area contributed by atoms with Crippen molar-refractivity contribution in [3.05, 3.63) is 28.0 Å². The van der Waals surface area contributed by atoms with E-state index in [0.29, 0.717) is 22.5 Å². The molecule has 1 rings (SSSR count). The summed E-state index contributed by atoms with van der Waals surface area (Å²) in [6.07, 6.45) is 0. The molecule has 0 aliphatic carbocycles. The zero-order valence-electron chi connectivity index (χ0n) is 11.7. The van der Waals surface area contributed by atoms with Crippen molar-refractivity contribution in [2.45, 2.75) is 33.7 Å². The number of nitrogen functional groups attached to an aromatic ring is 1. The van der Waals surface area contributed by atoms with Crippen LogP contribution in [0.3, 0.4) is 0 Å². The number of amides is 1. The van der Waals surface area contributed by atoms with E-state index in [9.17, 15) is 9.18 Å². The van der Waals surface area contributed by atoms with Crippen molar-refractivity contribution in [2.24, 2.45) is 5.92 Å². The molecule has 106 valence electrons. The van der Waals surface area contributed by atoms with Crippen molar-refractivity contribution >= 4 is 27.5 Å². The Kier molecular flexibility index (Phi) is 5.35. The summed E-state index contributed by atoms with van der Waals surface area (Å²) in [5, 5.41) is 0. The Morgan fingerprint density at radius 1 is 1.37 bits per heavy atom. The van der Waals surface area contributed by atoms with E-state index in [1.54, 1.807) is 4.90 Å². The zero-order valence-corrected chi connectivity index (χ0v) is 13.3. The molecule has 0 atom stereocenters. The first-order valence-electron chi connectivity index (χ1n) is 6.29. The number of carbonyl (C=O) groups is 1. The maximum atomic E-state index is 13.3. The lowest BCUT2D eigenvalue weighted by Crippen LogP contribution is -2.39. The van der Waals surface area contributed by atoms with Crippen molar-refractivity contribution in [1.82, 2.24) is 4.90 Å². The van der Waals surface area contributed by atoms with Crippen molar-refractivity contribution in [2.75, 3.05) is 12.3 Å². The molecule has 3 nitrogen and oxygen atoms in total. The highest BCUT2D eigenvalue weighted by Gasteiger charge is 2.22. The van der Waals surface area contributed by atoms with Crippen LogP contribution < -0.4 is 5.73 Å². The van der Waals surface area contributed by atoms with Gasteiger partial charge in [-0.15, -0.1) is 0 Å². The van der Waals surface area contributed by atoms with Crippen molar-refractivity contribution in [1.29, 1.82) is 0 Å². The number of hydrogen-bond donors (Lipinski definition) is 1. The van der Waals surface area contributed by atoms with Gasteiger partial charge in [0.25, 0.3) is 5.91 Å². The predicted octanol–water partition coefficient (Wildman–Crippen LogP) is 3.68. The summed E-state index contributed by atoms with van der Waals surface area (Å²) in [6.45, 7) is 8.68. The molecule has 0 fully saturated rings. The highest BCUT2D eigenvalue weighted by atomic mass is 79.9. The molecule has 5 heteroatoms. The monoisotopic (exact) mass is 330 g/mol. The lowest BCUT2D eigenvalue weighted by molar-refractivity contribution is 0.0681. The second kappa shape index (κ2) is 6.37. The number of nitrogens with two attached hydrogens (primary N) is 1. The Hall–Kier alpha value is -1.10. The van der Waals surface area contributed by atoms with Crippen LogP contribution in [0.4, 0.5) is 10.1 Å². The smallest absolute Gasteiger partial charge is 0.255 e. The largest absolute Gasteiger partial charge is 0.396 e. The van der Waals surface area contributed by atoms with Crippen LogP contribution in [0.2, 0.25) is 0 Å². The van der Waals surface area contributed by atoms with Crippen LogP contribution in [-0.4, -0.2) is 23.4 Å². The molecule has 0 bridgehead atoms. The Balaban J connectivity index is 3.13. The van der Waals surface area contributed by atoms with Crippen molar-refractivity contribution in [3.8, 4) is 0 Å². The first kappa shape index (κ1) is 16.0. The maximum absolute atomic E-state index is 13.3. The molecular formula is C14H20BrFN2O. The topological polar surface area (TPSA) is 46.3 Å². The van der Waals surface area contributed by atoms with Crippen molar-refractivity contribution < 1.29 is 9.18 Å². The molecular weight excluding hydrogens is 311 g/mol. The second-order valence-corrected chi connectivity index (χ2v) is 6.15. The first-order chi connectivity index (χ1) is 8.73. The van der Waals surface area contributed by atoms with Crippen LogP contribution in [0.25, 0.3) is 0 Å². The zero-order chi connectivity index (χ0) is 14.7. The van der Waals surface area contributed by atoms with E-state index in [1.807, 2.05) is 13.8 Å². The minimum atomic E-state index is -0.525. The predicted molar refractivity (Wildman–Crippen MR) is 79.5 cm³/mol. The standard InChI is InChI=1S/C14H20BrFN2O/c1-8(2)7-18(9(3)4)14(19)10-5-13(17)12(16)6-11(10)15/h5-6,8-9H,7,17H2,1-4H3. The summed E-state index contributed by atoms with van der Waals surface area (Å²) < 4.78 is 13.7. The van der Waals surface area contributed by atoms with Gasteiger partial charge in [0.05, 0.1) is 11.3 Å². The molecule has 0 saturated heterocycles. The summed E-state index contributed by atoms with van der Waals surface area (Å²) in [6, 6.07) is 2.70. The molecule has 0 saturated carbocycles. The summed E-state index contributed by atoms with van der Waals surface area (Å²) in [5.41, 5.74) is 5.92. The van der Waals surface area contributed by atoms with Gasteiger partial charge in [0.2, 0.25) is 0 Å². The van der Waals surface area contributed by atoms with E-state index in [1.165, 1.54) is 12.1 Å². The fourth-order valence-electron chi connectivity index (χ4n) is 1.81. The summed E-state index contributed by atoms with van der Waals surface area (Å²) in [5.74, 6) is -0.298. The lowest BCUT2D eigenvalue weighted by Gasteiger charge is -2.29. The van der Waals surface area contributed by atoms with Crippen LogP contribution >= 0.6 is 15.9 Å². The van der Waals surface area contributed by atoms with Gasteiger partial charge in [0.15, 0.2) is 0 Å².